The molecule has 2 aromatic rings. The molecule has 2 aliphatic rings. The molecule has 0 bridgehead atoms. The van der Waals surface area contributed by atoms with Crippen LogP contribution in [0.15, 0.2) is 46.0 Å². The van der Waals surface area contributed by atoms with Crippen LogP contribution in [0.2, 0.25) is 0 Å². The third-order valence-corrected chi connectivity index (χ3v) is 7.56. The van der Waals surface area contributed by atoms with E-state index in [0.29, 0.717) is 11.1 Å². The number of rotatable bonds is 8. The molecule has 3 heterocycles. The van der Waals surface area contributed by atoms with Gasteiger partial charge in [0.05, 0.1) is 5.57 Å². The summed E-state index contributed by atoms with van der Waals surface area (Å²) in [5, 5.41) is 16.2. The molecule has 1 unspecified atom stereocenters. The average molecular weight is 476 g/mol. The number of thioether (sulfide) groups is 1. The molecule has 34 heavy (non-hydrogen) atoms. The van der Waals surface area contributed by atoms with E-state index in [2.05, 4.69) is 72.7 Å². The molecule has 0 fully saturated rings. The van der Waals surface area contributed by atoms with E-state index in [-0.39, 0.29) is 17.3 Å². The Labute approximate surface area is 206 Å². The number of nitrogens with one attached hydrogen (secondary N) is 1. The van der Waals surface area contributed by atoms with Crippen LogP contribution >= 0.6 is 11.8 Å². The first-order valence-corrected chi connectivity index (χ1v) is 12.9. The third-order valence-electron chi connectivity index (χ3n) is 6.59. The number of nitrogens with zero attached hydrogens (tertiary/aromatic N) is 4. The van der Waals surface area contributed by atoms with Crippen LogP contribution in [0, 0.1) is 19.3 Å². The summed E-state index contributed by atoms with van der Waals surface area (Å²) in [5.74, 6) is 0.251. The summed E-state index contributed by atoms with van der Waals surface area (Å²) in [6, 6.07) is 10.7. The third kappa shape index (κ3) is 4.67. The second-order valence-corrected chi connectivity index (χ2v) is 10.1. The Morgan fingerprint density at radius 2 is 1.88 bits per heavy atom. The number of amides is 1. The van der Waals surface area contributed by atoms with Crippen molar-refractivity contribution in [1.82, 2.24) is 9.58 Å². The van der Waals surface area contributed by atoms with E-state index in [4.69, 9.17) is 5.41 Å². The maximum atomic E-state index is 12.8. The second kappa shape index (κ2) is 10.1. The molecule has 178 valence electrons. The van der Waals surface area contributed by atoms with Crippen molar-refractivity contribution < 1.29 is 4.79 Å². The number of hydrazone groups is 1. The lowest BCUT2D eigenvalue weighted by Gasteiger charge is -2.20. The number of carbonyl (C=O) groups excluding carboxylic acids is 1. The highest BCUT2D eigenvalue weighted by molar-refractivity contribution is 8.26. The predicted octanol–water partition coefficient (Wildman–Crippen LogP) is 6.81. The standard InChI is InChI=1S/C27H33N5OS/c1-6-8-9-10-24-30-32-25(28)23(26(33)29-27(32)34-24)16-21-15-18(4)31(19(21)5)22-13-11-20(12-14-22)17(3)7-2/h11-17,28H,6-10H2,1-5H3/b23-16+,28-25?. The van der Waals surface area contributed by atoms with Crippen molar-refractivity contribution in [2.75, 3.05) is 0 Å². The van der Waals surface area contributed by atoms with Crippen LogP contribution in [-0.4, -0.2) is 31.5 Å². The van der Waals surface area contributed by atoms with Gasteiger partial charge in [0.15, 0.2) is 5.84 Å². The van der Waals surface area contributed by atoms with Crippen LogP contribution in [-0.2, 0) is 4.79 Å². The SMILES string of the molecule is CCCCCC1=NN2C(=N)/C(=C\c3cc(C)n(-c4ccc(C(C)CC)cc4)c3C)C(=O)N=C2S1. The minimum Gasteiger partial charge on any atom is -0.318 e. The Hall–Kier alpha value is -2.93. The summed E-state index contributed by atoms with van der Waals surface area (Å²) in [7, 11) is 0. The van der Waals surface area contributed by atoms with E-state index in [1.807, 2.05) is 6.92 Å². The predicted molar refractivity (Wildman–Crippen MR) is 143 cm³/mol. The van der Waals surface area contributed by atoms with Gasteiger partial charge in [0, 0.05) is 17.1 Å². The molecule has 1 aromatic heterocycles. The number of aromatic nitrogens is 1. The summed E-state index contributed by atoms with van der Waals surface area (Å²) in [6.07, 6.45) is 7.09. The van der Waals surface area contributed by atoms with Crippen molar-refractivity contribution in [2.24, 2.45) is 10.1 Å². The Morgan fingerprint density at radius 3 is 2.56 bits per heavy atom. The van der Waals surface area contributed by atoms with E-state index in [1.165, 1.54) is 22.3 Å². The van der Waals surface area contributed by atoms with Crippen LogP contribution in [0.5, 0.6) is 0 Å². The number of aryl methyl sites for hydroxylation is 1. The number of amidine groups is 2. The lowest BCUT2D eigenvalue weighted by Crippen LogP contribution is -2.35. The van der Waals surface area contributed by atoms with E-state index < -0.39 is 0 Å². The Balaban J connectivity index is 1.61. The van der Waals surface area contributed by atoms with Gasteiger partial charge in [-0.3, -0.25) is 10.2 Å². The summed E-state index contributed by atoms with van der Waals surface area (Å²) in [6.45, 7) is 10.7. The zero-order valence-electron chi connectivity index (χ0n) is 20.7. The van der Waals surface area contributed by atoms with Crippen molar-refractivity contribution in [3.05, 3.63) is 58.4 Å². The molecule has 0 spiro atoms. The number of carbonyl (C=O) groups is 1. The molecule has 4 rings (SSSR count). The molecule has 1 N–H and O–H groups in total. The van der Waals surface area contributed by atoms with Gasteiger partial charge < -0.3 is 4.57 Å². The molecule has 6 nitrogen and oxygen atoms in total. The smallest absolute Gasteiger partial charge is 0.283 e. The van der Waals surface area contributed by atoms with E-state index in [1.54, 1.807) is 6.08 Å². The summed E-state index contributed by atoms with van der Waals surface area (Å²) in [5.41, 5.74) is 5.71. The number of aliphatic imine (C=N–C) groups is 1. The summed E-state index contributed by atoms with van der Waals surface area (Å²) in [4.78, 5) is 17.1. The zero-order chi connectivity index (χ0) is 24.4. The minimum atomic E-state index is -0.378. The number of hydrogen-bond acceptors (Lipinski definition) is 4. The Morgan fingerprint density at radius 1 is 1.15 bits per heavy atom. The van der Waals surface area contributed by atoms with Crippen molar-refractivity contribution in [2.45, 2.75) is 72.6 Å². The number of benzene rings is 1. The summed E-state index contributed by atoms with van der Waals surface area (Å²) >= 11 is 1.41. The topological polar surface area (TPSA) is 73.8 Å². The van der Waals surface area contributed by atoms with Gasteiger partial charge in [-0.25, -0.2) is 0 Å². The van der Waals surface area contributed by atoms with Crippen LogP contribution < -0.4 is 0 Å². The average Bonchev–Trinajstić information content (AvgIpc) is 3.36. The maximum Gasteiger partial charge on any atom is 0.283 e. The second-order valence-electron chi connectivity index (χ2n) is 9.03. The molecular weight excluding hydrogens is 442 g/mol. The normalized spacial score (nSPS) is 17.8. The largest absolute Gasteiger partial charge is 0.318 e. The highest BCUT2D eigenvalue weighted by Gasteiger charge is 2.35. The molecule has 0 aliphatic carbocycles. The van der Waals surface area contributed by atoms with Crippen LogP contribution in [0.4, 0.5) is 0 Å². The van der Waals surface area contributed by atoms with E-state index in [9.17, 15) is 4.79 Å². The van der Waals surface area contributed by atoms with E-state index in [0.717, 1.165) is 59.8 Å². The summed E-state index contributed by atoms with van der Waals surface area (Å²) < 4.78 is 2.19. The van der Waals surface area contributed by atoms with Crippen LogP contribution in [0.1, 0.15) is 81.3 Å². The van der Waals surface area contributed by atoms with Gasteiger partial charge in [-0.2, -0.15) is 15.1 Å². The first kappa shape index (κ1) is 24.2. The van der Waals surface area contributed by atoms with Gasteiger partial charge in [-0.1, -0.05) is 45.7 Å². The molecule has 0 saturated heterocycles. The van der Waals surface area contributed by atoms with Crippen LogP contribution in [0.3, 0.4) is 0 Å². The van der Waals surface area contributed by atoms with Crippen molar-refractivity contribution in [3.8, 4) is 5.69 Å². The molecule has 7 heteroatoms. The lowest BCUT2D eigenvalue weighted by molar-refractivity contribution is -0.114. The van der Waals surface area contributed by atoms with Crippen molar-refractivity contribution in [1.29, 1.82) is 5.41 Å². The van der Waals surface area contributed by atoms with Gasteiger partial charge in [0.25, 0.3) is 5.91 Å². The quantitative estimate of drug-likeness (QED) is 0.337. The lowest BCUT2D eigenvalue weighted by atomic mass is 9.98. The Bertz CT molecular complexity index is 1200. The maximum absolute atomic E-state index is 12.8. The minimum absolute atomic E-state index is 0.0932. The van der Waals surface area contributed by atoms with Crippen LogP contribution in [0.25, 0.3) is 11.8 Å². The number of fused-ring (bicyclic) bond motifs is 1. The first-order chi connectivity index (χ1) is 16.3. The van der Waals surface area contributed by atoms with Gasteiger partial charge in [-0.15, -0.1) is 0 Å². The molecular formula is C27H33N5OS. The van der Waals surface area contributed by atoms with Gasteiger partial charge in [0.1, 0.15) is 5.04 Å². The number of unbranched alkanes of at least 4 members (excludes halogenated alkanes) is 2. The first-order valence-electron chi connectivity index (χ1n) is 12.1. The van der Waals surface area contributed by atoms with Gasteiger partial charge in [0.2, 0.25) is 5.17 Å². The fourth-order valence-corrected chi connectivity index (χ4v) is 5.26. The van der Waals surface area contributed by atoms with E-state index >= 15 is 0 Å². The molecule has 1 aromatic carbocycles. The molecule has 1 amide bonds. The fraction of sp³-hybridized carbons (Fsp3) is 0.407. The highest BCUT2D eigenvalue weighted by Crippen LogP contribution is 2.31. The molecule has 1 atom stereocenters. The highest BCUT2D eigenvalue weighted by atomic mass is 32.2. The molecule has 0 saturated carbocycles. The Kier molecular flexibility index (Phi) is 7.22. The molecule has 0 radical (unpaired) electrons. The zero-order valence-corrected chi connectivity index (χ0v) is 21.5. The van der Waals surface area contributed by atoms with Crippen molar-refractivity contribution in [3.63, 3.8) is 0 Å². The monoisotopic (exact) mass is 475 g/mol. The number of hydrogen-bond donors (Lipinski definition) is 1. The van der Waals surface area contributed by atoms with Gasteiger partial charge in [-0.05, 0) is 86.2 Å². The fourth-order valence-electron chi connectivity index (χ4n) is 4.33. The van der Waals surface area contributed by atoms with Crippen molar-refractivity contribution >= 4 is 39.8 Å². The molecule has 2 aliphatic heterocycles. The van der Waals surface area contributed by atoms with Gasteiger partial charge >= 0.3 is 0 Å².